The lowest BCUT2D eigenvalue weighted by atomic mass is 9.86. The van der Waals surface area contributed by atoms with E-state index in [4.69, 9.17) is 9.84 Å². The first kappa shape index (κ1) is 18.1. The molecule has 1 unspecified atom stereocenters. The molecule has 0 saturated carbocycles. The van der Waals surface area contributed by atoms with E-state index in [1.165, 1.54) is 25.0 Å². The molecule has 1 N–H and O–H groups in total. The largest absolute Gasteiger partial charge is 0.396 e. The van der Waals surface area contributed by atoms with Gasteiger partial charge in [0.1, 0.15) is 5.82 Å². The van der Waals surface area contributed by atoms with Crippen LogP contribution in [0.2, 0.25) is 0 Å². The van der Waals surface area contributed by atoms with Crippen LogP contribution in [0.3, 0.4) is 0 Å². The number of aliphatic hydroxyl groups is 1. The average Bonchev–Trinajstić information content (AvgIpc) is 2.50. The van der Waals surface area contributed by atoms with E-state index in [9.17, 15) is 4.39 Å². The molecule has 21 heavy (non-hydrogen) atoms. The predicted octanol–water partition coefficient (Wildman–Crippen LogP) is 4.50. The zero-order chi connectivity index (χ0) is 15.6. The summed E-state index contributed by atoms with van der Waals surface area (Å²) >= 11 is 0. The van der Waals surface area contributed by atoms with E-state index in [2.05, 4.69) is 13.8 Å². The molecule has 0 aromatic heterocycles. The maximum Gasteiger partial charge on any atom is 0.123 e. The molecule has 0 amide bonds. The van der Waals surface area contributed by atoms with Gasteiger partial charge in [0.05, 0.1) is 5.60 Å². The summed E-state index contributed by atoms with van der Waals surface area (Å²) in [6.07, 6.45) is 6.95. The third-order valence-electron chi connectivity index (χ3n) is 4.03. The first-order valence-corrected chi connectivity index (χ1v) is 8.15. The molecule has 0 spiro atoms. The highest BCUT2D eigenvalue weighted by Crippen LogP contribution is 2.29. The monoisotopic (exact) mass is 296 g/mol. The Kier molecular flexibility index (Phi) is 8.55. The van der Waals surface area contributed by atoms with Crippen molar-refractivity contribution in [1.29, 1.82) is 0 Å². The molecule has 1 aromatic rings. The molecular formula is C18H29FO2. The van der Waals surface area contributed by atoms with E-state index in [1.54, 1.807) is 0 Å². The summed E-state index contributed by atoms with van der Waals surface area (Å²) < 4.78 is 19.2. The van der Waals surface area contributed by atoms with Crippen molar-refractivity contribution < 1.29 is 14.2 Å². The van der Waals surface area contributed by atoms with Gasteiger partial charge in [0.15, 0.2) is 0 Å². The van der Waals surface area contributed by atoms with Gasteiger partial charge in [-0.1, -0.05) is 45.2 Å². The van der Waals surface area contributed by atoms with Gasteiger partial charge in [0.2, 0.25) is 0 Å². The molecule has 1 rings (SSSR count). The van der Waals surface area contributed by atoms with Gasteiger partial charge < -0.3 is 9.84 Å². The smallest absolute Gasteiger partial charge is 0.123 e. The van der Waals surface area contributed by atoms with Crippen LogP contribution in [0.15, 0.2) is 24.3 Å². The van der Waals surface area contributed by atoms with Crippen molar-refractivity contribution in [2.45, 2.75) is 64.4 Å². The zero-order valence-electron chi connectivity index (χ0n) is 13.4. The Balaban J connectivity index is 2.73. The Morgan fingerprint density at radius 2 is 1.81 bits per heavy atom. The fourth-order valence-corrected chi connectivity index (χ4v) is 2.64. The molecule has 120 valence electrons. The van der Waals surface area contributed by atoms with Crippen molar-refractivity contribution in [2.75, 3.05) is 13.2 Å². The number of halogens is 1. The molecular weight excluding hydrogens is 267 g/mol. The number of unbranched alkanes of at least 4 members (excludes halogenated alkanes) is 2. The highest BCUT2D eigenvalue weighted by atomic mass is 19.1. The van der Waals surface area contributed by atoms with Crippen molar-refractivity contribution in [3.63, 3.8) is 0 Å². The summed E-state index contributed by atoms with van der Waals surface area (Å²) in [6.45, 7) is 5.08. The topological polar surface area (TPSA) is 29.5 Å². The Morgan fingerprint density at radius 1 is 1.10 bits per heavy atom. The maximum absolute atomic E-state index is 13.0. The average molecular weight is 296 g/mol. The maximum atomic E-state index is 13.0. The molecule has 3 heteroatoms. The Labute approximate surface area is 128 Å². The summed E-state index contributed by atoms with van der Waals surface area (Å²) in [5, 5.41) is 8.95. The second-order valence-electron chi connectivity index (χ2n) is 5.72. The van der Waals surface area contributed by atoms with Crippen LogP contribution in [-0.2, 0) is 11.2 Å². The third kappa shape index (κ3) is 6.58. The van der Waals surface area contributed by atoms with Gasteiger partial charge >= 0.3 is 0 Å². The van der Waals surface area contributed by atoms with Crippen LogP contribution in [0, 0.1) is 5.82 Å². The predicted molar refractivity (Wildman–Crippen MR) is 84.9 cm³/mol. The van der Waals surface area contributed by atoms with Gasteiger partial charge in [-0.2, -0.15) is 0 Å². The standard InChI is InChI=1S/C18H29FO2/c1-3-5-6-12-18(4-2,21-14-7-13-20)15-16-8-10-17(19)11-9-16/h8-11,20H,3-7,12-15H2,1-2H3. The van der Waals surface area contributed by atoms with Gasteiger partial charge in [-0.05, 0) is 37.0 Å². The van der Waals surface area contributed by atoms with Crippen LogP contribution in [-0.4, -0.2) is 23.9 Å². The molecule has 0 aliphatic rings. The SMILES string of the molecule is CCCCCC(CC)(Cc1ccc(F)cc1)OCCCO. The number of hydrogen-bond donors (Lipinski definition) is 1. The lowest BCUT2D eigenvalue weighted by molar-refractivity contribution is -0.0596. The van der Waals surface area contributed by atoms with Crippen molar-refractivity contribution in [1.82, 2.24) is 0 Å². The second-order valence-corrected chi connectivity index (χ2v) is 5.72. The minimum absolute atomic E-state index is 0.158. The second kappa shape index (κ2) is 9.91. The van der Waals surface area contributed by atoms with E-state index in [0.717, 1.165) is 31.2 Å². The summed E-state index contributed by atoms with van der Waals surface area (Å²) in [5.41, 5.74) is 0.918. The summed E-state index contributed by atoms with van der Waals surface area (Å²) in [6, 6.07) is 6.70. The van der Waals surface area contributed by atoms with E-state index in [1.807, 2.05) is 12.1 Å². The fraction of sp³-hybridized carbons (Fsp3) is 0.667. The quantitative estimate of drug-likeness (QED) is 0.609. The molecule has 0 bridgehead atoms. The van der Waals surface area contributed by atoms with Gasteiger partial charge in [-0.3, -0.25) is 0 Å². The Bertz CT molecular complexity index is 365. The van der Waals surface area contributed by atoms with E-state index < -0.39 is 0 Å². The molecule has 2 nitrogen and oxygen atoms in total. The van der Waals surface area contributed by atoms with Crippen molar-refractivity contribution in [3.05, 3.63) is 35.6 Å². The zero-order valence-corrected chi connectivity index (χ0v) is 13.4. The lowest BCUT2D eigenvalue weighted by Crippen LogP contribution is -2.35. The first-order valence-electron chi connectivity index (χ1n) is 8.15. The molecule has 0 radical (unpaired) electrons. The van der Waals surface area contributed by atoms with Crippen LogP contribution >= 0.6 is 0 Å². The first-order chi connectivity index (χ1) is 10.2. The Hall–Kier alpha value is -0.930. The number of aliphatic hydroxyl groups excluding tert-OH is 1. The highest BCUT2D eigenvalue weighted by molar-refractivity contribution is 5.18. The fourth-order valence-electron chi connectivity index (χ4n) is 2.64. The van der Waals surface area contributed by atoms with Crippen molar-refractivity contribution in [3.8, 4) is 0 Å². The minimum Gasteiger partial charge on any atom is -0.396 e. The molecule has 0 aliphatic heterocycles. The normalized spacial score (nSPS) is 14.1. The van der Waals surface area contributed by atoms with E-state index in [-0.39, 0.29) is 18.0 Å². The van der Waals surface area contributed by atoms with Crippen LogP contribution in [0.1, 0.15) is 57.9 Å². The number of hydrogen-bond acceptors (Lipinski definition) is 2. The van der Waals surface area contributed by atoms with Gasteiger partial charge in [-0.25, -0.2) is 4.39 Å². The van der Waals surface area contributed by atoms with Gasteiger partial charge in [-0.15, -0.1) is 0 Å². The van der Waals surface area contributed by atoms with Crippen LogP contribution in [0.4, 0.5) is 4.39 Å². The van der Waals surface area contributed by atoms with Crippen molar-refractivity contribution >= 4 is 0 Å². The number of rotatable bonds is 11. The third-order valence-corrected chi connectivity index (χ3v) is 4.03. The van der Waals surface area contributed by atoms with E-state index >= 15 is 0 Å². The lowest BCUT2D eigenvalue weighted by Gasteiger charge is -2.33. The van der Waals surface area contributed by atoms with Crippen molar-refractivity contribution in [2.24, 2.45) is 0 Å². The van der Waals surface area contributed by atoms with Gasteiger partial charge in [0, 0.05) is 19.6 Å². The molecule has 0 aliphatic carbocycles. The van der Waals surface area contributed by atoms with E-state index in [0.29, 0.717) is 13.0 Å². The summed E-state index contributed by atoms with van der Waals surface area (Å²) in [7, 11) is 0. The molecule has 1 atom stereocenters. The van der Waals surface area contributed by atoms with Gasteiger partial charge in [0.25, 0.3) is 0 Å². The summed E-state index contributed by atoms with van der Waals surface area (Å²) in [4.78, 5) is 0. The molecule has 0 saturated heterocycles. The summed E-state index contributed by atoms with van der Waals surface area (Å²) in [5.74, 6) is -0.201. The highest BCUT2D eigenvalue weighted by Gasteiger charge is 2.28. The number of ether oxygens (including phenoxy) is 1. The Morgan fingerprint density at radius 3 is 2.38 bits per heavy atom. The minimum atomic E-state index is -0.201. The molecule has 0 heterocycles. The number of benzene rings is 1. The van der Waals surface area contributed by atoms with Crippen LogP contribution in [0.25, 0.3) is 0 Å². The van der Waals surface area contributed by atoms with Crippen LogP contribution < -0.4 is 0 Å². The molecule has 0 fully saturated rings. The molecule has 1 aromatic carbocycles. The van der Waals surface area contributed by atoms with Crippen LogP contribution in [0.5, 0.6) is 0 Å².